The molecule has 0 aliphatic rings. The van der Waals surface area contributed by atoms with Crippen LogP contribution in [0.25, 0.3) is 0 Å². The standard InChI is InChI=1S/C18H25NO12/c1-9(21)27-7-15(29-11(3)23)18(31-13(5)25)17(30-12(4)24)14(6-20)19-16(26)8-28-10(2)22/h6,14-15,17-18H,7-8H2,1-5H3,(H,19,26)/t14-,15-,17-,18-/m1/s1. The lowest BCUT2D eigenvalue weighted by Crippen LogP contribution is -2.57. The number of nitrogens with one attached hydrogen (secondary N) is 1. The van der Waals surface area contributed by atoms with Gasteiger partial charge in [0.1, 0.15) is 18.9 Å². The van der Waals surface area contributed by atoms with Crippen molar-refractivity contribution in [3.63, 3.8) is 0 Å². The normalized spacial score (nSPS) is 14.0. The van der Waals surface area contributed by atoms with Crippen LogP contribution in [0.4, 0.5) is 0 Å². The van der Waals surface area contributed by atoms with Crippen molar-refractivity contribution in [2.24, 2.45) is 0 Å². The lowest BCUT2D eigenvalue weighted by atomic mass is 10.0. The summed E-state index contributed by atoms with van der Waals surface area (Å²) in [6, 6.07) is -1.62. The summed E-state index contributed by atoms with van der Waals surface area (Å²) in [5.41, 5.74) is 0. The number of hydrogen-bond donors (Lipinski definition) is 1. The van der Waals surface area contributed by atoms with Gasteiger partial charge in [0, 0.05) is 34.6 Å². The Morgan fingerprint density at radius 2 is 1.19 bits per heavy atom. The van der Waals surface area contributed by atoms with Crippen LogP contribution in [0.5, 0.6) is 0 Å². The van der Waals surface area contributed by atoms with E-state index >= 15 is 0 Å². The Kier molecular flexibility index (Phi) is 12.1. The molecule has 0 saturated carbocycles. The number of rotatable bonds is 12. The number of ether oxygens (including phenoxy) is 5. The molecule has 0 saturated heterocycles. The van der Waals surface area contributed by atoms with Crippen LogP contribution in [0.3, 0.4) is 0 Å². The molecule has 0 bridgehead atoms. The van der Waals surface area contributed by atoms with Gasteiger partial charge >= 0.3 is 29.8 Å². The first-order chi connectivity index (χ1) is 14.4. The van der Waals surface area contributed by atoms with E-state index in [1.54, 1.807) is 0 Å². The highest BCUT2D eigenvalue weighted by molar-refractivity contribution is 5.83. The fourth-order valence-electron chi connectivity index (χ4n) is 2.28. The first-order valence-corrected chi connectivity index (χ1v) is 8.90. The van der Waals surface area contributed by atoms with Crippen LogP contribution in [0.15, 0.2) is 0 Å². The third kappa shape index (κ3) is 11.9. The minimum atomic E-state index is -1.69. The van der Waals surface area contributed by atoms with Gasteiger partial charge in [-0.1, -0.05) is 0 Å². The van der Waals surface area contributed by atoms with Gasteiger partial charge in [0.05, 0.1) is 0 Å². The lowest BCUT2D eigenvalue weighted by molar-refractivity contribution is -0.191. The second-order valence-electron chi connectivity index (χ2n) is 6.11. The monoisotopic (exact) mass is 447 g/mol. The summed E-state index contributed by atoms with van der Waals surface area (Å²) in [7, 11) is 0. The van der Waals surface area contributed by atoms with Crippen molar-refractivity contribution in [3.8, 4) is 0 Å². The van der Waals surface area contributed by atoms with Crippen LogP contribution < -0.4 is 5.32 Å². The van der Waals surface area contributed by atoms with E-state index < -0.39 is 73.3 Å². The van der Waals surface area contributed by atoms with Gasteiger partial charge < -0.3 is 33.8 Å². The van der Waals surface area contributed by atoms with Crippen molar-refractivity contribution in [1.82, 2.24) is 5.32 Å². The fourth-order valence-corrected chi connectivity index (χ4v) is 2.28. The van der Waals surface area contributed by atoms with Crippen LogP contribution in [-0.4, -0.2) is 79.6 Å². The van der Waals surface area contributed by atoms with Crippen molar-refractivity contribution < 1.29 is 57.2 Å². The van der Waals surface area contributed by atoms with E-state index in [1.807, 2.05) is 0 Å². The van der Waals surface area contributed by atoms with E-state index in [0.717, 1.165) is 34.6 Å². The molecule has 0 radical (unpaired) electrons. The zero-order valence-electron chi connectivity index (χ0n) is 17.7. The number of amides is 1. The Hall–Kier alpha value is -3.51. The summed E-state index contributed by atoms with van der Waals surface area (Å²) in [5.74, 6) is -5.17. The molecular weight excluding hydrogens is 422 g/mol. The van der Waals surface area contributed by atoms with E-state index in [-0.39, 0.29) is 6.29 Å². The smallest absolute Gasteiger partial charge is 0.303 e. The van der Waals surface area contributed by atoms with E-state index in [2.05, 4.69) is 10.1 Å². The van der Waals surface area contributed by atoms with Gasteiger partial charge in [-0.3, -0.25) is 28.8 Å². The second kappa shape index (κ2) is 13.7. The first kappa shape index (κ1) is 27.5. The maximum absolute atomic E-state index is 12.0. The molecule has 1 N–H and O–H groups in total. The van der Waals surface area contributed by atoms with E-state index in [0.29, 0.717) is 0 Å². The molecule has 13 heteroatoms. The average Bonchev–Trinajstić information content (AvgIpc) is 2.63. The third-order valence-corrected chi connectivity index (χ3v) is 3.30. The summed E-state index contributed by atoms with van der Waals surface area (Å²) < 4.78 is 24.5. The molecule has 0 rings (SSSR count). The van der Waals surface area contributed by atoms with Crippen molar-refractivity contribution in [2.45, 2.75) is 59.0 Å². The molecule has 0 aliphatic carbocycles. The predicted octanol–water partition coefficient (Wildman–Crippen LogP) is -1.41. The highest BCUT2D eigenvalue weighted by atomic mass is 16.6. The zero-order valence-corrected chi connectivity index (χ0v) is 17.7. The Morgan fingerprint density at radius 3 is 1.61 bits per heavy atom. The van der Waals surface area contributed by atoms with Gasteiger partial charge in [0.25, 0.3) is 5.91 Å². The minimum absolute atomic E-state index is 0.173. The molecule has 174 valence electrons. The predicted molar refractivity (Wildman–Crippen MR) is 97.9 cm³/mol. The Bertz CT molecular complexity index is 704. The molecule has 0 spiro atoms. The molecule has 13 nitrogen and oxygen atoms in total. The molecule has 4 atom stereocenters. The molecule has 0 fully saturated rings. The van der Waals surface area contributed by atoms with Crippen LogP contribution in [0.2, 0.25) is 0 Å². The van der Waals surface area contributed by atoms with Crippen molar-refractivity contribution in [1.29, 1.82) is 0 Å². The highest BCUT2D eigenvalue weighted by Crippen LogP contribution is 2.18. The second-order valence-corrected chi connectivity index (χ2v) is 6.11. The number of aldehydes is 1. The minimum Gasteiger partial charge on any atom is -0.462 e. The summed E-state index contributed by atoms with van der Waals surface area (Å²) in [5, 5.41) is 2.15. The summed E-state index contributed by atoms with van der Waals surface area (Å²) in [6.07, 6.45) is -4.68. The van der Waals surface area contributed by atoms with Crippen LogP contribution in [0.1, 0.15) is 34.6 Å². The zero-order chi connectivity index (χ0) is 24.1. The van der Waals surface area contributed by atoms with Gasteiger partial charge in [-0.2, -0.15) is 0 Å². The topological polar surface area (TPSA) is 178 Å². The maximum Gasteiger partial charge on any atom is 0.303 e. The van der Waals surface area contributed by atoms with E-state index in [4.69, 9.17) is 18.9 Å². The quantitative estimate of drug-likeness (QED) is 0.210. The third-order valence-electron chi connectivity index (χ3n) is 3.30. The number of carbonyl (C=O) groups is 7. The van der Waals surface area contributed by atoms with Gasteiger partial charge in [-0.05, 0) is 0 Å². The molecule has 1 amide bonds. The van der Waals surface area contributed by atoms with Crippen LogP contribution in [0, 0.1) is 0 Å². The molecule has 0 unspecified atom stereocenters. The summed E-state index contributed by atoms with van der Waals surface area (Å²) in [6.45, 7) is 3.75. The first-order valence-electron chi connectivity index (χ1n) is 8.90. The Morgan fingerprint density at radius 1 is 0.710 bits per heavy atom. The molecule has 0 heterocycles. The Balaban J connectivity index is 6.01. The van der Waals surface area contributed by atoms with Crippen molar-refractivity contribution in [2.75, 3.05) is 13.2 Å². The van der Waals surface area contributed by atoms with Gasteiger partial charge in [-0.25, -0.2) is 0 Å². The van der Waals surface area contributed by atoms with Crippen LogP contribution >= 0.6 is 0 Å². The fraction of sp³-hybridized carbons (Fsp3) is 0.611. The maximum atomic E-state index is 12.0. The Labute approximate surface area is 177 Å². The largest absolute Gasteiger partial charge is 0.462 e. The molecule has 0 aromatic carbocycles. The van der Waals surface area contributed by atoms with E-state index in [1.165, 1.54) is 0 Å². The number of hydrogen-bond acceptors (Lipinski definition) is 12. The molecule has 0 aromatic rings. The van der Waals surface area contributed by atoms with E-state index in [9.17, 15) is 33.6 Å². The van der Waals surface area contributed by atoms with Gasteiger partial charge in [0.15, 0.2) is 24.9 Å². The molecular formula is C18H25NO12. The number of esters is 5. The van der Waals surface area contributed by atoms with Gasteiger partial charge in [-0.15, -0.1) is 0 Å². The highest BCUT2D eigenvalue weighted by Gasteiger charge is 2.43. The number of carbonyl (C=O) groups excluding carboxylic acids is 7. The SMILES string of the molecule is CC(=O)OCC(=O)N[C@H](C=O)[C@@H](OC(C)=O)[C@H](OC(C)=O)[C@@H](COC(C)=O)OC(C)=O. The summed E-state index contributed by atoms with van der Waals surface area (Å²) >= 11 is 0. The average molecular weight is 447 g/mol. The molecule has 31 heavy (non-hydrogen) atoms. The van der Waals surface area contributed by atoms with Crippen molar-refractivity contribution in [3.05, 3.63) is 0 Å². The summed E-state index contributed by atoms with van der Waals surface area (Å²) in [4.78, 5) is 80.4. The molecule has 0 aliphatic heterocycles. The van der Waals surface area contributed by atoms with Crippen molar-refractivity contribution >= 4 is 42.0 Å². The molecule has 0 aromatic heterocycles. The van der Waals surface area contributed by atoms with Crippen LogP contribution in [-0.2, 0) is 57.2 Å². The lowest BCUT2D eigenvalue weighted by Gasteiger charge is -2.34. The van der Waals surface area contributed by atoms with Gasteiger partial charge in [0.2, 0.25) is 0 Å².